The van der Waals surface area contributed by atoms with Crippen molar-refractivity contribution in [2.75, 3.05) is 6.61 Å². The van der Waals surface area contributed by atoms with Gasteiger partial charge in [0.2, 0.25) is 0 Å². The van der Waals surface area contributed by atoms with Crippen LogP contribution in [0.2, 0.25) is 5.02 Å². The van der Waals surface area contributed by atoms with Crippen molar-refractivity contribution in [1.82, 2.24) is 0 Å². The number of rotatable bonds is 0. The first-order chi connectivity index (χ1) is 5.36. The molecule has 0 aromatic heterocycles. The summed E-state index contributed by atoms with van der Waals surface area (Å²) in [5, 5.41) is 0.780. The van der Waals surface area contributed by atoms with E-state index in [0.29, 0.717) is 6.61 Å². The van der Waals surface area contributed by atoms with Crippen LogP contribution in [0.25, 0.3) is 0 Å². The van der Waals surface area contributed by atoms with Crippen LogP contribution < -0.4 is 4.74 Å². The second kappa shape index (κ2) is 2.74. The summed E-state index contributed by atoms with van der Waals surface area (Å²) in [5.41, 5.74) is 1.18. The number of fused-ring (bicyclic) bond motifs is 1. The summed E-state index contributed by atoms with van der Waals surface area (Å²) in [4.78, 5) is 0. The van der Waals surface area contributed by atoms with Crippen LogP contribution in [-0.4, -0.2) is 6.61 Å². The lowest BCUT2D eigenvalue weighted by Crippen LogP contribution is -2.08. The third-order valence-corrected chi connectivity index (χ3v) is 1.98. The normalized spacial score (nSPS) is 15.4. The molecule has 1 aromatic carbocycles. The van der Waals surface area contributed by atoms with Crippen LogP contribution in [0, 0.1) is 6.42 Å². The van der Waals surface area contributed by atoms with Crippen molar-refractivity contribution in [3.05, 3.63) is 35.2 Å². The lowest BCUT2D eigenvalue weighted by atomic mass is 10.1. The van der Waals surface area contributed by atoms with E-state index >= 15 is 0 Å². The minimum Gasteiger partial charge on any atom is -0.493 e. The Morgan fingerprint density at radius 1 is 1.36 bits per heavy atom. The Morgan fingerprint density at radius 2 is 2.27 bits per heavy atom. The van der Waals surface area contributed by atoms with Gasteiger partial charge in [-0.25, -0.2) is 0 Å². The van der Waals surface area contributed by atoms with Crippen LogP contribution in [0.1, 0.15) is 5.56 Å². The summed E-state index contributed by atoms with van der Waals surface area (Å²) < 4.78 is 5.36. The Balaban J connectivity index is 2.43. The maximum absolute atomic E-state index is 5.81. The Bertz CT molecular complexity index is 270. The zero-order valence-corrected chi connectivity index (χ0v) is 6.77. The van der Waals surface area contributed by atoms with E-state index in [2.05, 4.69) is 6.42 Å². The highest BCUT2D eigenvalue weighted by atomic mass is 35.5. The molecule has 1 nitrogen and oxygen atoms in total. The van der Waals surface area contributed by atoms with E-state index in [1.54, 1.807) is 0 Å². The van der Waals surface area contributed by atoms with E-state index in [-0.39, 0.29) is 0 Å². The van der Waals surface area contributed by atoms with Crippen LogP contribution in [0.3, 0.4) is 0 Å². The number of hydrogen-bond acceptors (Lipinski definition) is 1. The molecule has 1 aliphatic heterocycles. The largest absolute Gasteiger partial charge is 0.493 e. The maximum atomic E-state index is 5.81. The zero-order chi connectivity index (χ0) is 7.68. The Labute approximate surface area is 70.9 Å². The van der Waals surface area contributed by atoms with Crippen molar-refractivity contribution >= 4 is 11.6 Å². The number of ether oxygens (including phenoxy) is 1. The van der Waals surface area contributed by atoms with Crippen molar-refractivity contribution in [2.24, 2.45) is 0 Å². The molecule has 0 fully saturated rings. The Morgan fingerprint density at radius 3 is 3.18 bits per heavy atom. The predicted molar refractivity (Wildman–Crippen MR) is 45.0 cm³/mol. The first kappa shape index (κ1) is 6.99. The van der Waals surface area contributed by atoms with Crippen LogP contribution in [0.5, 0.6) is 5.75 Å². The molecular weight excluding hydrogens is 160 g/mol. The third-order valence-electron chi connectivity index (χ3n) is 1.74. The van der Waals surface area contributed by atoms with Crippen LogP contribution in [0.4, 0.5) is 0 Å². The van der Waals surface area contributed by atoms with Crippen molar-refractivity contribution < 1.29 is 4.74 Å². The summed E-state index contributed by atoms with van der Waals surface area (Å²) in [6.07, 6.45) is 3.06. The molecule has 0 saturated carbocycles. The van der Waals surface area contributed by atoms with Gasteiger partial charge in [0, 0.05) is 11.4 Å². The SMILES string of the molecule is Clc1ccc2c(c1)C[CH]CO2. The molecule has 0 unspecified atom stereocenters. The number of hydrogen-bond donors (Lipinski definition) is 0. The quantitative estimate of drug-likeness (QED) is 0.577. The smallest absolute Gasteiger partial charge is 0.122 e. The van der Waals surface area contributed by atoms with Crippen LogP contribution in [0.15, 0.2) is 18.2 Å². The van der Waals surface area contributed by atoms with Gasteiger partial charge in [-0.3, -0.25) is 0 Å². The second-order valence-corrected chi connectivity index (χ2v) is 2.99. The molecule has 0 saturated heterocycles. The number of benzene rings is 1. The minimum absolute atomic E-state index is 0.717. The third kappa shape index (κ3) is 1.33. The van der Waals surface area contributed by atoms with Crippen molar-refractivity contribution in [3.63, 3.8) is 0 Å². The maximum Gasteiger partial charge on any atom is 0.122 e. The average Bonchev–Trinajstić information content (AvgIpc) is 2.04. The summed E-state index contributed by atoms with van der Waals surface area (Å²) in [6, 6.07) is 5.73. The first-order valence-corrected chi connectivity index (χ1v) is 3.97. The molecule has 0 aliphatic carbocycles. The van der Waals surface area contributed by atoms with E-state index in [9.17, 15) is 0 Å². The van der Waals surface area contributed by atoms with Crippen molar-refractivity contribution in [1.29, 1.82) is 0 Å². The van der Waals surface area contributed by atoms with E-state index in [1.165, 1.54) is 5.56 Å². The van der Waals surface area contributed by atoms with Crippen molar-refractivity contribution in [3.8, 4) is 5.75 Å². The van der Waals surface area contributed by atoms with Crippen LogP contribution >= 0.6 is 11.6 Å². The molecule has 11 heavy (non-hydrogen) atoms. The molecular formula is C9H8ClO. The Hall–Kier alpha value is -0.690. The van der Waals surface area contributed by atoms with Gasteiger partial charge in [-0.1, -0.05) is 11.6 Å². The summed E-state index contributed by atoms with van der Waals surface area (Å²) in [6.45, 7) is 0.717. The lowest BCUT2D eigenvalue weighted by Gasteiger charge is -2.16. The van der Waals surface area contributed by atoms with Gasteiger partial charge in [0.25, 0.3) is 0 Å². The van der Waals surface area contributed by atoms with Gasteiger partial charge in [-0.15, -0.1) is 0 Å². The van der Waals surface area contributed by atoms with E-state index in [1.807, 2.05) is 18.2 Å². The molecule has 0 atom stereocenters. The monoisotopic (exact) mass is 167 g/mol. The number of halogens is 1. The van der Waals surface area contributed by atoms with Gasteiger partial charge in [0.1, 0.15) is 5.75 Å². The van der Waals surface area contributed by atoms with Crippen molar-refractivity contribution in [2.45, 2.75) is 6.42 Å². The Kier molecular flexibility index (Phi) is 1.74. The average molecular weight is 168 g/mol. The van der Waals surface area contributed by atoms with E-state index < -0.39 is 0 Å². The minimum atomic E-state index is 0.717. The topological polar surface area (TPSA) is 9.23 Å². The highest BCUT2D eigenvalue weighted by Crippen LogP contribution is 2.26. The molecule has 1 aliphatic rings. The second-order valence-electron chi connectivity index (χ2n) is 2.56. The molecule has 1 aromatic rings. The zero-order valence-electron chi connectivity index (χ0n) is 6.01. The van der Waals surface area contributed by atoms with Gasteiger partial charge in [0.15, 0.2) is 0 Å². The van der Waals surface area contributed by atoms with E-state index in [0.717, 1.165) is 17.2 Å². The molecule has 57 valence electrons. The van der Waals surface area contributed by atoms with Gasteiger partial charge in [0.05, 0.1) is 6.61 Å². The highest BCUT2D eigenvalue weighted by molar-refractivity contribution is 6.30. The van der Waals surface area contributed by atoms with Gasteiger partial charge < -0.3 is 4.74 Å². The standard InChI is InChI=1S/C9H8ClO/c10-8-3-4-9-7(6-8)2-1-5-11-9/h1,3-4,6H,2,5H2. The molecule has 0 spiro atoms. The molecule has 2 rings (SSSR count). The summed E-state index contributed by atoms with van der Waals surface area (Å²) in [7, 11) is 0. The molecule has 1 radical (unpaired) electrons. The fraction of sp³-hybridized carbons (Fsp3) is 0.222. The fourth-order valence-corrected chi connectivity index (χ4v) is 1.41. The molecule has 0 N–H and O–H groups in total. The van der Waals surface area contributed by atoms with Gasteiger partial charge in [-0.2, -0.15) is 0 Å². The van der Waals surface area contributed by atoms with E-state index in [4.69, 9.17) is 16.3 Å². The molecule has 1 heterocycles. The fourth-order valence-electron chi connectivity index (χ4n) is 1.21. The lowest BCUT2D eigenvalue weighted by molar-refractivity contribution is 0.328. The highest BCUT2D eigenvalue weighted by Gasteiger charge is 2.09. The predicted octanol–water partition coefficient (Wildman–Crippen LogP) is 2.48. The first-order valence-electron chi connectivity index (χ1n) is 3.59. The van der Waals surface area contributed by atoms with Crippen LogP contribution in [-0.2, 0) is 6.42 Å². The molecule has 0 bridgehead atoms. The summed E-state index contributed by atoms with van der Waals surface area (Å²) in [5.74, 6) is 0.969. The van der Waals surface area contributed by atoms with Gasteiger partial charge in [-0.05, 0) is 30.2 Å². The van der Waals surface area contributed by atoms with Gasteiger partial charge >= 0.3 is 0 Å². The molecule has 2 heteroatoms. The molecule has 0 amide bonds. The summed E-state index contributed by atoms with van der Waals surface area (Å²) >= 11 is 5.81.